The molecule has 0 aromatic heterocycles. The Kier molecular flexibility index (Phi) is 4.43. The van der Waals surface area contributed by atoms with Gasteiger partial charge in [-0.05, 0) is 57.1 Å². The minimum absolute atomic E-state index is 0.495. The Morgan fingerprint density at radius 3 is 2.76 bits per heavy atom. The molecule has 1 aliphatic heterocycles. The standard InChI is InChI=1S/C14H21ClN2/c1-11(13-3-5-14(15)6-4-13)17-8-7-12(10-17)9-16-2/h3-6,11-12,16H,7-10H2,1-2H3. The Hall–Kier alpha value is -0.570. The molecule has 0 radical (unpaired) electrons. The molecular formula is C14H21ClN2. The van der Waals surface area contributed by atoms with Crippen molar-refractivity contribution in [2.24, 2.45) is 5.92 Å². The van der Waals surface area contributed by atoms with E-state index in [9.17, 15) is 0 Å². The lowest BCUT2D eigenvalue weighted by Crippen LogP contribution is -2.27. The van der Waals surface area contributed by atoms with Gasteiger partial charge in [0.1, 0.15) is 0 Å². The van der Waals surface area contributed by atoms with E-state index in [1.807, 2.05) is 19.2 Å². The van der Waals surface area contributed by atoms with Crippen LogP contribution in [0.2, 0.25) is 5.02 Å². The van der Waals surface area contributed by atoms with Crippen molar-refractivity contribution >= 4 is 11.6 Å². The topological polar surface area (TPSA) is 15.3 Å². The van der Waals surface area contributed by atoms with E-state index < -0.39 is 0 Å². The average molecular weight is 253 g/mol. The van der Waals surface area contributed by atoms with Gasteiger partial charge in [0.2, 0.25) is 0 Å². The zero-order valence-electron chi connectivity index (χ0n) is 10.6. The van der Waals surface area contributed by atoms with Crippen molar-refractivity contribution in [1.82, 2.24) is 10.2 Å². The third-order valence-electron chi connectivity index (χ3n) is 3.71. The summed E-state index contributed by atoms with van der Waals surface area (Å²) in [6.45, 7) is 5.82. The zero-order chi connectivity index (χ0) is 12.3. The van der Waals surface area contributed by atoms with Crippen molar-refractivity contribution in [1.29, 1.82) is 0 Å². The van der Waals surface area contributed by atoms with E-state index in [0.717, 1.165) is 17.5 Å². The van der Waals surface area contributed by atoms with E-state index in [1.54, 1.807) is 0 Å². The van der Waals surface area contributed by atoms with Crippen LogP contribution in [0.25, 0.3) is 0 Å². The van der Waals surface area contributed by atoms with Gasteiger partial charge < -0.3 is 5.32 Å². The Bertz CT molecular complexity index is 350. The third-order valence-corrected chi connectivity index (χ3v) is 3.96. The van der Waals surface area contributed by atoms with Crippen LogP contribution in [0.15, 0.2) is 24.3 Å². The third kappa shape index (κ3) is 3.21. The summed E-state index contributed by atoms with van der Waals surface area (Å²) in [5.74, 6) is 0.801. The molecule has 1 N–H and O–H groups in total. The molecule has 1 saturated heterocycles. The summed E-state index contributed by atoms with van der Waals surface area (Å²) in [5, 5.41) is 4.09. The van der Waals surface area contributed by atoms with Crippen LogP contribution in [0.4, 0.5) is 0 Å². The van der Waals surface area contributed by atoms with Gasteiger partial charge in [0, 0.05) is 17.6 Å². The Morgan fingerprint density at radius 1 is 1.41 bits per heavy atom. The second-order valence-electron chi connectivity index (χ2n) is 4.93. The first-order valence-electron chi connectivity index (χ1n) is 6.35. The van der Waals surface area contributed by atoms with Gasteiger partial charge in [-0.3, -0.25) is 4.90 Å². The molecule has 94 valence electrons. The van der Waals surface area contributed by atoms with Crippen LogP contribution in [0, 0.1) is 5.92 Å². The molecule has 0 bridgehead atoms. The van der Waals surface area contributed by atoms with Gasteiger partial charge in [-0.15, -0.1) is 0 Å². The normalized spacial score (nSPS) is 22.9. The molecule has 1 aromatic carbocycles. The highest BCUT2D eigenvalue weighted by Gasteiger charge is 2.25. The number of nitrogens with one attached hydrogen (secondary N) is 1. The Morgan fingerprint density at radius 2 is 2.12 bits per heavy atom. The molecule has 1 aliphatic rings. The summed E-state index contributed by atoms with van der Waals surface area (Å²) >= 11 is 5.92. The van der Waals surface area contributed by atoms with Gasteiger partial charge in [-0.25, -0.2) is 0 Å². The number of hydrogen-bond acceptors (Lipinski definition) is 2. The van der Waals surface area contributed by atoms with E-state index in [0.29, 0.717) is 6.04 Å². The van der Waals surface area contributed by atoms with E-state index in [-0.39, 0.29) is 0 Å². The number of hydrogen-bond donors (Lipinski definition) is 1. The van der Waals surface area contributed by atoms with Gasteiger partial charge in [0.15, 0.2) is 0 Å². The second-order valence-corrected chi connectivity index (χ2v) is 5.37. The van der Waals surface area contributed by atoms with Gasteiger partial charge in [0.25, 0.3) is 0 Å². The number of halogens is 1. The van der Waals surface area contributed by atoms with Gasteiger partial charge in [-0.2, -0.15) is 0 Å². The lowest BCUT2D eigenvalue weighted by Gasteiger charge is -2.24. The highest BCUT2D eigenvalue weighted by atomic mass is 35.5. The molecule has 2 rings (SSSR count). The van der Waals surface area contributed by atoms with Gasteiger partial charge in [0.05, 0.1) is 0 Å². The lowest BCUT2D eigenvalue weighted by atomic mass is 10.1. The van der Waals surface area contributed by atoms with Crippen LogP contribution in [0.1, 0.15) is 24.9 Å². The first kappa shape index (κ1) is 12.9. The molecule has 2 unspecified atom stereocenters. The van der Waals surface area contributed by atoms with Crippen molar-refractivity contribution in [2.45, 2.75) is 19.4 Å². The molecule has 2 atom stereocenters. The quantitative estimate of drug-likeness (QED) is 0.887. The average Bonchev–Trinajstić information content (AvgIpc) is 2.78. The van der Waals surface area contributed by atoms with Crippen molar-refractivity contribution in [3.8, 4) is 0 Å². The summed E-state index contributed by atoms with van der Waals surface area (Å²) < 4.78 is 0. The summed E-state index contributed by atoms with van der Waals surface area (Å²) in [7, 11) is 2.03. The smallest absolute Gasteiger partial charge is 0.0406 e. The molecule has 0 aliphatic carbocycles. The predicted molar refractivity (Wildman–Crippen MR) is 73.5 cm³/mol. The summed E-state index contributed by atoms with van der Waals surface area (Å²) in [6, 6.07) is 8.73. The van der Waals surface area contributed by atoms with Crippen molar-refractivity contribution in [2.75, 3.05) is 26.7 Å². The summed E-state index contributed by atoms with van der Waals surface area (Å²) in [4.78, 5) is 2.56. The van der Waals surface area contributed by atoms with E-state index in [2.05, 4.69) is 29.3 Å². The van der Waals surface area contributed by atoms with Crippen LogP contribution >= 0.6 is 11.6 Å². The van der Waals surface area contributed by atoms with Crippen molar-refractivity contribution < 1.29 is 0 Å². The molecule has 0 amide bonds. The number of rotatable bonds is 4. The van der Waals surface area contributed by atoms with Crippen LogP contribution in [0.5, 0.6) is 0 Å². The molecule has 17 heavy (non-hydrogen) atoms. The molecule has 0 saturated carbocycles. The maximum Gasteiger partial charge on any atom is 0.0406 e. The highest BCUT2D eigenvalue weighted by Crippen LogP contribution is 2.27. The second kappa shape index (κ2) is 5.85. The maximum atomic E-state index is 5.92. The zero-order valence-corrected chi connectivity index (χ0v) is 11.4. The molecule has 1 fully saturated rings. The molecule has 1 heterocycles. The molecular weight excluding hydrogens is 232 g/mol. The maximum absolute atomic E-state index is 5.92. The predicted octanol–water partition coefficient (Wildman–Crippen LogP) is 2.94. The van der Waals surface area contributed by atoms with Gasteiger partial charge in [-0.1, -0.05) is 23.7 Å². The number of likely N-dealkylation sites (tertiary alicyclic amines) is 1. The summed E-state index contributed by atoms with van der Waals surface area (Å²) in [6.07, 6.45) is 1.30. The number of benzene rings is 1. The fourth-order valence-electron chi connectivity index (χ4n) is 2.62. The number of nitrogens with zero attached hydrogens (tertiary/aromatic N) is 1. The minimum atomic E-state index is 0.495. The van der Waals surface area contributed by atoms with Gasteiger partial charge >= 0.3 is 0 Å². The molecule has 1 aromatic rings. The first-order valence-corrected chi connectivity index (χ1v) is 6.72. The lowest BCUT2D eigenvalue weighted by molar-refractivity contribution is 0.252. The fourth-order valence-corrected chi connectivity index (χ4v) is 2.75. The van der Waals surface area contributed by atoms with Crippen molar-refractivity contribution in [3.05, 3.63) is 34.9 Å². The Balaban J connectivity index is 1.96. The van der Waals surface area contributed by atoms with E-state index in [4.69, 9.17) is 11.6 Å². The van der Waals surface area contributed by atoms with E-state index >= 15 is 0 Å². The monoisotopic (exact) mass is 252 g/mol. The van der Waals surface area contributed by atoms with E-state index in [1.165, 1.54) is 25.1 Å². The van der Waals surface area contributed by atoms with Crippen molar-refractivity contribution in [3.63, 3.8) is 0 Å². The van der Waals surface area contributed by atoms with Crippen LogP contribution < -0.4 is 5.32 Å². The first-order chi connectivity index (χ1) is 8.20. The summed E-state index contributed by atoms with van der Waals surface area (Å²) in [5.41, 5.74) is 1.36. The van der Waals surface area contributed by atoms with Crippen LogP contribution in [-0.4, -0.2) is 31.6 Å². The SMILES string of the molecule is CNCC1CCN(C(C)c2ccc(Cl)cc2)C1. The molecule has 0 spiro atoms. The minimum Gasteiger partial charge on any atom is -0.319 e. The van der Waals surface area contributed by atoms with Crippen LogP contribution in [-0.2, 0) is 0 Å². The fraction of sp³-hybridized carbons (Fsp3) is 0.571. The molecule has 3 heteroatoms. The Labute approximate surface area is 109 Å². The highest BCUT2D eigenvalue weighted by molar-refractivity contribution is 6.30. The van der Waals surface area contributed by atoms with Crippen LogP contribution in [0.3, 0.4) is 0 Å². The molecule has 2 nitrogen and oxygen atoms in total. The largest absolute Gasteiger partial charge is 0.319 e.